The van der Waals surface area contributed by atoms with E-state index in [0.29, 0.717) is 5.16 Å². The van der Waals surface area contributed by atoms with Crippen molar-refractivity contribution in [3.63, 3.8) is 0 Å². The fourth-order valence-electron chi connectivity index (χ4n) is 4.22. The van der Waals surface area contributed by atoms with Crippen molar-refractivity contribution in [2.24, 2.45) is 10.6 Å². The number of anilines is 1. The van der Waals surface area contributed by atoms with E-state index in [0.717, 1.165) is 24.2 Å². The average molecular weight is 590 g/mol. The van der Waals surface area contributed by atoms with Crippen LogP contribution in [0.3, 0.4) is 0 Å². The molecule has 3 aliphatic rings. The number of aromatic nitrogens is 5. The van der Waals surface area contributed by atoms with Crippen LogP contribution in [-0.4, -0.2) is 94.3 Å². The Balaban J connectivity index is 1.25. The molecule has 4 N–H and O–H groups in total. The van der Waals surface area contributed by atoms with Crippen LogP contribution in [0.5, 0.6) is 0 Å². The van der Waals surface area contributed by atoms with Crippen LogP contribution >= 0.6 is 34.9 Å². The van der Waals surface area contributed by atoms with E-state index in [-0.39, 0.29) is 53.1 Å². The second kappa shape index (κ2) is 11.2. The maximum Gasteiger partial charge on any atom is 0.313 e. The topological polar surface area (TPSA) is 191 Å². The zero-order valence-corrected chi connectivity index (χ0v) is 22.7. The quantitative estimate of drug-likeness (QED) is 0.0844. The summed E-state index contributed by atoms with van der Waals surface area (Å²) in [4.78, 5) is 49.7. The Labute approximate surface area is 234 Å². The summed E-state index contributed by atoms with van der Waals surface area (Å²) in [6, 6.07) is -0.850. The third kappa shape index (κ3) is 5.44. The second-order valence-electron chi connectivity index (χ2n) is 8.98. The predicted octanol–water partition coefficient (Wildman–Crippen LogP) is 0.0475. The van der Waals surface area contributed by atoms with Crippen LogP contribution < -0.4 is 11.1 Å². The lowest BCUT2D eigenvalue weighted by Crippen LogP contribution is -2.74. The largest absolute Gasteiger partial charge is 0.481 e. The SMILES string of the molecule is C#CCn1nnnc1SCC1(C(=O)O)CS[C@@H]2C(NC(=O)C(=NOC3C=CCC3)c3csc(N)n3)C(=O)N2C1. The zero-order valence-electron chi connectivity index (χ0n) is 20.3. The van der Waals surface area contributed by atoms with Crippen LogP contribution in [0.1, 0.15) is 18.5 Å². The van der Waals surface area contributed by atoms with E-state index in [4.69, 9.17) is 17.0 Å². The number of carboxylic acid groups (broad SMARTS) is 1. The van der Waals surface area contributed by atoms with E-state index in [9.17, 15) is 19.5 Å². The number of hydrogen-bond acceptors (Lipinski definition) is 13. The molecule has 2 fully saturated rings. The number of carbonyl (C=O) groups excluding carboxylic acids is 2. The van der Waals surface area contributed by atoms with Gasteiger partial charge in [-0.1, -0.05) is 28.9 Å². The summed E-state index contributed by atoms with van der Waals surface area (Å²) in [6.45, 7) is 0.134. The molecule has 2 amide bonds. The number of carboxylic acids is 1. The summed E-state index contributed by atoms with van der Waals surface area (Å²) in [5, 5.41) is 30.0. The molecular formula is C22H23N9O5S3. The van der Waals surface area contributed by atoms with Crippen molar-refractivity contribution in [2.75, 3.05) is 23.8 Å². The molecule has 2 aromatic heterocycles. The van der Waals surface area contributed by atoms with E-state index in [1.807, 2.05) is 12.2 Å². The number of oxime groups is 1. The van der Waals surface area contributed by atoms with Gasteiger partial charge in [0.05, 0.1) is 0 Å². The molecule has 17 heteroatoms. The van der Waals surface area contributed by atoms with Gasteiger partial charge in [0, 0.05) is 23.4 Å². The molecule has 14 nitrogen and oxygen atoms in total. The number of thiazole rings is 1. The first-order chi connectivity index (χ1) is 18.8. The van der Waals surface area contributed by atoms with Gasteiger partial charge in [0.15, 0.2) is 10.8 Å². The normalized spacial score (nSPS) is 26.0. The minimum absolute atomic E-state index is 0.0183. The number of hydrogen-bond donors (Lipinski definition) is 3. The Morgan fingerprint density at radius 1 is 1.46 bits per heavy atom. The lowest BCUT2D eigenvalue weighted by molar-refractivity contribution is -0.157. The molecule has 0 saturated carbocycles. The highest BCUT2D eigenvalue weighted by atomic mass is 32.2. The van der Waals surface area contributed by atoms with Crippen molar-refractivity contribution in [2.45, 2.75) is 42.1 Å². The number of nitrogens with zero attached hydrogens (tertiary/aromatic N) is 7. The van der Waals surface area contributed by atoms with Crippen molar-refractivity contribution < 1.29 is 24.3 Å². The first-order valence-corrected chi connectivity index (χ1v) is 14.6. The molecular weight excluding hydrogens is 567 g/mol. The molecule has 0 radical (unpaired) electrons. The molecule has 0 aromatic carbocycles. The number of aliphatic carboxylic acids is 1. The molecule has 0 bridgehead atoms. The smallest absolute Gasteiger partial charge is 0.313 e. The Hall–Kier alpha value is -3.62. The number of rotatable bonds is 10. The Morgan fingerprint density at radius 3 is 3.00 bits per heavy atom. The summed E-state index contributed by atoms with van der Waals surface area (Å²) < 4.78 is 1.40. The van der Waals surface area contributed by atoms with Crippen LogP contribution in [0.2, 0.25) is 0 Å². The fourth-order valence-corrected chi connectivity index (χ4v) is 7.50. The third-order valence-corrected chi connectivity index (χ3v) is 9.84. The van der Waals surface area contributed by atoms with Crippen LogP contribution in [0.4, 0.5) is 5.13 Å². The van der Waals surface area contributed by atoms with Crippen molar-refractivity contribution in [3.05, 3.63) is 23.2 Å². The van der Waals surface area contributed by atoms with Crippen LogP contribution in [-0.2, 0) is 25.8 Å². The monoisotopic (exact) mass is 589 g/mol. The number of amides is 2. The Kier molecular flexibility index (Phi) is 7.77. The number of carbonyl (C=O) groups is 3. The summed E-state index contributed by atoms with van der Waals surface area (Å²) >= 11 is 3.61. The highest BCUT2D eigenvalue weighted by Crippen LogP contribution is 2.44. The van der Waals surface area contributed by atoms with Gasteiger partial charge < -0.3 is 25.9 Å². The number of allylic oxidation sites excluding steroid dienone is 1. The van der Waals surface area contributed by atoms with Gasteiger partial charge in [0.1, 0.15) is 35.2 Å². The van der Waals surface area contributed by atoms with Gasteiger partial charge >= 0.3 is 5.97 Å². The van der Waals surface area contributed by atoms with Crippen molar-refractivity contribution in [1.29, 1.82) is 0 Å². The lowest BCUT2D eigenvalue weighted by atomic mass is 9.89. The highest BCUT2D eigenvalue weighted by Gasteiger charge is 2.57. The molecule has 3 unspecified atom stereocenters. The van der Waals surface area contributed by atoms with E-state index in [1.54, 1.807) is 5.38 Å². The van der Waals surface area contributed by atoms with Gasteiger partial charge in [-0.05, 0) is 29.3 Å². The van der Waals surface area contributed by atoms with Gasteiger partial charge in [-0.15, -0.1) is 34.6 Å². The van der Waals surface area contributed by atoms with Crippen LogP contribution in [0, 0.1) is 17.8 Å². The number of terminal acetylenes is 1. The summed E-state index contributed by atoms with van der Waals surface area (Å²) in [5.41, 5.74) is 4.66. The molecule has 4 atom stereocenters. The van der Waals surface area contributed by atoms with Gasteiger partial charge in [-0.2, -0.15) is 0 Å². The van der Waals surface area contributed by atoms with Gasteiger partial charge in [0.2, 0.25) is 11.1 Å². The molecule has 0 spiro atoms. The minimum atomic E-state index is -1.24. The maximum atomic E-state index is 13.2. The van der Waals surface area contributed by atoms with Gasteiger partial charge in [-0.25, -0.2) is 9.67 Å². The molecule has 2 saturated heterocycles. The van der Waals surface area contributed by atoms with Crippen molar-refractivity contribution in [1.82, 2.24) is 35.4 Å². The van der Waals surface area contributed by atoms with E-state index < -0.39 is 28.7 Å². The predicted molar refractivity (Wildman–Crippen MR) is 144 cm³/mol. The average Bonchev–Trinajstić information content (AvgIpc) is 3.69. The molecule has 5 rings (SSSR count). The number of thioether (sulfide) groups is 2. The lowest BCUT2D eigenvalue weighted by Gasteiger charge is -2.53. The molecule has 1 aliphatic carbocycles. The number of nitrogen functional groups attached to an aromatic ring is 1. The van der Waals surface area contributed by atoms with Crippen molar-refractivity contribution in [3.8, 4) is 12.3 Å². The van der Waals surface area contributed by atoms with E-state index in [1.165, 1.54) is 33.1 Å². The van der Waals surface area contributed by atoms with E-state index >= 15 is 0 Å². The second-order valence-corrected chi connectivity index (χ2v) is 11.9. The number of nitrogens with two attached hydrogens (primary N) is 1. The minimum Gasteiger partial charge on any atom is -0.481 e. The van der Waals surface area contributed by atoms with Gasteiger partial charge in [-0.3, -0.25) is 14.4 Å². The molecule has 39 heavy (non-hydrogen) atoms. The van der Waals surface area contributed by atoms with Crippen molar-refractivity contribution >= 4 is 63.5 Å². The Bertz CT molecular complexity index is 1390. The number of fused-ring (bicyclic) bond motifs is 1. The summed E-state index contributed by atoms with van der Waals surface area (Å²) in [5.74, 6) is 0.732. The van der Waals surface area contributed by atoms with Crippen LogP contribution in [0.15, 0.2) is 27.8 Å². The van der Waals surface area contributed by atoms with Gasteiger partial charge in [0.25, 0.3) is 5.91 Å². The van der Waals surface area contributed by atoms with Crippen LogP contribution in [0.25, 0.3) is 0 Å². The first kappa shape index (κ1) is 27.0. The molecule has 4 heterocycles. The summed E-state index contributed by atoms with van der Waals surface area (Å²) in [6.07, 6.45) is 10.5. The summed E-state index contributed by atoms with van der Waals surface area (Å²) in [7, 11) is 0. The third-order valence-electron chi connectivity index (χ3n) is 6.33. The standard InChI is InChI=1S/C22H23N9O5S3/c1-2-7-31-21(26-28-29-31)39-11-22(19(34)35)9-30-17(33)15(18(30)38-10-22)25-16(32)14(13-8-37-20(23)24-13)27-36-12-5-3-4-6-12/h1,3,5,8,12,15,18H,4,6-7,9-11H2,(H2,23,24)(H,25,32)(H,34,35)/t12?,15?,18-,22?/m1/s1. The highest BCUT2D eigenvalue weighted by molar-refractivity contribution is 8.00. The number of tetrazole rings is 1. The molecule has 2 aromatic rings. The zero-order chi connectivity index (χ0) is 27.6. The maximum absolute atomic E-state index is 13.2. The number of nitrogens with one attached hydrogen (secondary N) is 1. The Morgan fingerprint density at radius 2 is 2.31 bits per heavy atom. The molecule has 204 valence electrons. The molecule has 2 aliphatic heterocycles. The van der Waals surface area contributed by atoms with E-state index in [2.05, 4.69) is 36.9 Å². The fraction of sp³-hybridized carbons (Fsp3) is 0.455. The number of β-lactam (4-membered cyclic amide) rings is 1. The first-order valence-electron chi connectivity index (χ1n) is 11.7.